The maximum Gasteiger partial charge on any atom is 0.421 e. The van der Waals surface area contributed by atoms with Crippen LogP contribution in [0.15, 0.2) is 0 Å². The van der Waals surface area contributed by atoms with Gasteiger partial charge in [-0.1, -0.05) is 13.8 Å². The Balaban J connectivity index is 0.000000313. The lowest BCUT2D eigenvalue weighted by atomic mass is 10.2. The third-order valence-electron chi connectivity index (χ3n) is 7.11. The number of ether oxygens (including phenoxy) is 3. The standard InChI is InChI=1S/C10H19NO4S.C8H15NO4S.C5H11NO2S.C4H8O/c1-5-10(6-7-10)16(13,14)11-8(12)15-9(2,3)4;1-8(2,3)13-7(10)9-14(11,12)6-4-5-6;1-2-5(3-4-5)9(6,7)8;1-2-4-5-3-1/h5-7H2,1-4H3,(H,11,12);6H,4-5H2,1-3H3,(H,9,10);2-4H2,1H3,(H2,6,7,8);1-4H2. The molecular weight excluding hydrogens is 639 g/mol. The molecule has 3 aliphatic carbocycles. The zero-order chi connectivity index (χ0) is 34.3. The highest BCUT2D eigenvalue weighted by Gasteiger charge is 2.54. The fourth-order valence-corrected chi connectivity index (χ4v) is 7.60. The smallest absolute Gasteiger partial charge is 0.421 e. The van der Waals surface area contributed by atoms with Crippen molar-refractivity contribution >= 4 is 42.3 Å². The molecule has 17 heteroatoms. The summed E-state index contributed by atoms with van der Waals surface area (Å²) in [7, 11) is -10.3. The number of carbonyl (C=O) groups excluding carboxylic acids is 2. The van der Waals surface area contributed by atoms with Gasteiger partial charge in [-0.25, -0.2) is 49.4 Å². The van der Waals surface area contributed by atoms with Crippen LogP contribution in [0.3, 0.4) is 0 Å². The van der Waals surface area contributed by atoms with Gasteiger partial charge in [-0.15, -0.1) is 0 Å². The number of sulfonamides is 3. The molecule has 0 radical (unpaired) electrons. The number of carbonyl (C=O) groups is 2. The predicted molar refractivity (Wildman–Crippen MR) is 167 cm³/mol. The molecule has 260 valence electrons. The Morgan fingerprint density at radius 3 is 1.36 bits per heavy atom. The maximum atomic E-state index is 11.8. The van der Waals surface area contributed by atoms with Crippen molar-refractivity contribution in [2.24, 2.45) is 5.14 Å². The molecule has 2 amide bonds. The van der Waals surface area contributed by atoms with Crippen LogP contribution in [-0.4, -0.2) is 76.6 Å². The molecular formula is C27H53N3O11S3. The summed E-state index contributed by atoms with van der Waals surface area (Å²) in [6, 6.07) is 0. The monoisotopic (exact) mass is 691 g/mol. The van der Waals surface area contributed by atoms with E-state index in [2.05, 4.69) is 0 Å². The predicted octanol–water partition coefficient (Wildman–Crippen LogP) is 3.80. The molecule has 4 rings (SSSR count). The van der Waals surface area contributed by atoms with Gasteiger partial charge in [0.05, 0.1) is 14.7 Å². The summed E-state index contributed by atoms with van der Waals surface area (Å²) in [5, 5.41) is 4.55. The molecule has 4 fully saturated rings. The second kappa shape index (κ2) is 15.3. The molecule has 0 unspecified atom stereocenters. The van der Waals surface area contributed by atoms with Gasteiger partial charge in [-0.3, -0.25) is 0 Å². The number of nitrogens with two attached hydrogens (primary N) is 1. The largest absolute Gasteiger partial charge is 0.443 e. The first kappa shape index (κ1) is 40.3. The first-order valence-corrected chi connectivity index (χ1v) is 19.5. The Hall–Kier alpha value is -1.69. The lowest BCUT2D eigenvalue weighted by Crippen LogP contribution is -2.42. The minimum Gasteiger partial charge on any atom is -0.443 e. The summed E-state index contributed by atoms with van der Waals surface area (Å²) in [5.74, 6) is 0. The number of hydrogen-bond donors (Lipinski definition) is 3. The summed E-state index contributed by atoms with van der Waals surface area (Å²) < 4.78 is 84.9. The van der Waals surface area contributed by atoms with E-state index in [4.69, 9.17) is 19.3 Å². The van der Waals surface area contributed by atoms with Crippen molar-refractivity contribution in [3.8, 4) is 0 Å². The number of nitrogens with one attached hydrogen (secondary N) is 2. The molecule has 1 heterocycles. The van der Waals surface area contributed by atoms with Crippen molar-refractivity contribution in [3.05, 3.63) is 0 Å². The number of hydrogen-bond acceptors (Lipinski definition) is 11. The molecule has 4 aliphatic rings. The average Bonchev–Trinajstić information content (AvgIpc) is 3.72. The molecule has 3 saturated carbocycles. The molecule has 44 heavy (non-hydrogen) atoms. The SMILES string of the molecule is C1CCOC1.CC(C)(C)OC(=O)NS(=O)(=O)C1CC1.CCC1(S(=O)(=O)NC(=O)OC(C)(C)C)CC1.CCC1(S(N)(=O)=O)CC1. The minimum atomic E-state index is -3.59. The number of amides is 2. The van der Waals surface area contributed by atoms with Crippen LogP contribution < -0.4 is 14.6 Å². The van der Waals surface area contributed by atoms with E-state index in [0.29, 0.717) is 38.5 Å². The fourth-order valence-electron chi connectivity index (χ4n) is 3.83. The summed E-state index contributed by atoms with van der Waals surface area (Å²) in [6.07, 6.45) is 5.91. The molecule has 0 aromatic heterocycles. The molecule has 0 aromatic rings. The molecule has 0 atom stereocenters. The third kappa shape index (κ3) is 14.2. The first-order valence-electron chi connectivity index (χ1n) is 14.9. The van der Waals surface area contributed by atoms with Gasteiger partial charge in [-0.2, -0.15) is 0 Å². The van der Waals surface area contributed by atoms with E-state index in [1.54, 1.807) is 48.5 Å². The lowest BCUT2D eigenvalue weighted by Gasteiger charge is -2.21. The van der Waals surface area contributed by atoms with Crippen molar-refractivity contribution < 1.29 is 49.1 Å². The van der Waals surface area contributed by atoms with Gasteiger partial charge in [0.1, 0.15) is 11.2 Å². The quantitative estimate of drug-likeness (QED) is 0.349. The number of rotatable bonds is 7. The van der Waals surface area contributed by atoms with Crippen LogP contribution in [0.1, 0.15) is 120 Å². The normalized spacial score (nSPS) is 20.1. The van der Waals surface area contributed by atoms with Gasteiger partial charge in [0.25, 0.3) is 0 Å². The Labute approximate surface area is 264 Å². The van der Waals surface area contributed by atoms with Crippen molar-refractivity contribution in [3.63, 3.8) is 0 Å². The molecule has 1 aliphatic heterocycles. The van der Waals surface area contributed by atoms with Gasteiger partial charge >= 0.3 is 12.2 Å². The van der Waals surface area contributed by atoms with Gasteiger partial charge in [0, 0.05) is 13.2 Å². The van der Waals surface area contributed by atoms with E-state index in [-0.39, 0.29) is 0 Å². The maximum absolute atomic E-state index is 11.8. The summed E-state index contributed by atoms with van der Waals surface area (Å²) >= 11 is 0. The van der Waals surface area contributed by atoms with Crippen molar-refractivity contribution in [2.75, 3.05) is 13.2 Å². The molecule has 4 N–H and O–H groups in total. The zero-order valence-corrected chi connectivity index (χ0v) is 29.8. The number of primary sulfonamides is 1. The van der Waals surface area contributed by atoms with Crippen molar-refractivity contribution in [1.29, 1.82) is 0 Å². The van der Waals surface area contributed by atoms with E-state index in [0.717, 1.165) is 26.1 Å². The molecule has 14 nitrogen and oxygen atoms in total. The highest BCUT2D eigenvalue weighted by molar-refractivity contribution is 7.92. The van der Waals surface area contributed by atoms with Crippen molar-refractivity contribution in [2.45, 2.75) is 146 Å². The highest BCUT2D eigenvalue weighted by atomic mass is 32.2. The van der Waals surface area contributed by atoms with Gasteiger partial charge in [0.15, 0.2) is 0 Å². The summed E-state index contributed by atoms with van der Waals surface area (Å²) in [6.45, 7) is 15.8. The fraction of sp³-hybridized carbons (Fsp3) is 0.926. The van der Waals surface area contributed by atoms with Crippen LogP contribution in [0.5, 0.6) is 0 Å². The van der Waals surface area contributed by atoms with Crippen LogP contribution in [0.2, 0.25) is 0 Å². The molecule has 0 aromatic carbocycles. The van der Waals surface area contributed by atoms with Gasteiger partial charge in [-0.05, 0) is 106 Å². The van der Waals surface area contributed by atoms with Gasteiger partial charge < -0.3 is 14.2 Å². The van der Waals surface area contributed by atoms with Crippen LogP contribution in [-0.2, 0) is 44.3 Å². The molecule has 1 saturated heterocycles. The highest BCUT2D eigenvalue weighted by Crippen LogP contribution is 2.46. The van der Waals surface area contributed by atoms with E-state index < -0.39 is 68.2 Å². The summed E-state index contributed by atoms with van der Waals surface area (Å²) in [4.78, 5) is 22.4. The second-order valence-corrected chi connectivity index (χ2v) is 19.4. The second-order valence-electron chi connectivity index (χ2n) is 13.4. The molecule has 0 spiro atoms. The van der Waals surface area contributed by atoms with Crippen molar-refractivity contribution in [1.82, 2.24) is 9.44 Å². The van der Waals surface area contributed by atoms with Gasteiger partial charge in [0.2, 0.25) is 30.1 Å². The summed E-state index contributed by atoms with van der Waals surface area (Å²) in [5.41, 5.74) is -1.37. The third-order valence-corrected chi connectivity index (χ3v) is 13.1. The Morgan fingerprint density at radius 2 is 1.14 bits per heavy atom. The van der Waals surface area contributed by atoms with Crippen LogP contribution in [0.25, 0.3) is 0 Å². The Bertz CT molecular complexity index is 1280. The Morgan fingerprint density at radius 1 is 0.750 bits per heavy atom. The topological polar surface area (TPSA) is 214 Å². The minimum absolute atomic E-state index is 0.407. The molecule has 0 bridgehead atoms. The van der Waals surface area contributed by atoms with E-state index in [1.165, 1.54) is 12.8 Å². The van der Waals surface area contributed by atoms with E-state index in [9.17, 15) is 34.8 Å². The van der Waals surface area contributed by atoms with Crippen LogP contribution in [0, 0.1) is 0 Å². The zero-order valence-electron chi connectivity index (χ0n) is 27.4. The van der Waals surface area contributed by atoms with E-state index in [1.807, 2.05) is 16.4 Å². The van der Waals surface area contributed by atoms with Crippen LogP contribution in [0.4, 0.5) is 9.59 Å². The van der Waals surface area contributed by atoms with Crippen LogP contribution >= 0.6 is 0 Å². The van der Waals surface area contributed by atoms with E-state index >= 15 is 0 Å². The Kier molecular flexibility index (Phi) is 14.0. The first-order chi connectivity index (χ1) is 19.8. The lowest BCUT2D eigenvalue weighted by molar-refractivity contribution is 0.0557. The average molecular weight is 692 g/mol.